The van der Waals surface area contributed by atoms with E-state index in [9.17, 15) is 14.7 Å². The van der Waals surface area contributed by atoms with Gasteiger partial charge in [0, 0.05) is 19.3 Å². The Labute approximate surface area is 277 Å². The number of urea groups is 1. The fraction of sp³-hybridized carbons (Fsp3) is 0.258. The fourth-order valence-corrected chi connectivity index (χ4v) is 5.05. The van der Waals surface area contributed by atoms with Gasteiger partial charge in [0.05, 0.1) is 31.5 Å². The van der Waals surface area contributed by atoms with Crippen LogP contribution in [-0.4, -0.2) is 49.9 Å². The van der Waals surface area contributed by atoms with E-state index in [-0.39, 0.29) is 12.2 Å². The monoisotopic (exact) mass is 778 g/mol. The minimum absolute atomic E-state index is 0.151. The summed E-state index contributed by atoms with van der Waals surface area (Å²) in [7, 11) is 1.28. The molecule has 0 saturated carbocycles. The zero-order valence-electron chi connectivity index (χ0n) is 24.2. The Morgan fingerprint density at radius 1 is 1.09 bits per heavy atom. The molecule has 232 valence electrons. The van der Waals surface area contributed by atoms with E-state index < -0.39 is 24.3 Å². The van der Waals surface area contributed by atoms with Gasteiger partial charge in [-0.15, -0.1) is 0 Å². The summed E-state index contributed by atoms with van der Waals surface area (Å²) in [5.41, 5.74) is 5.66. The second kappa shape index (κ2) is 15.8. The van der Waals surface area contributed by atoms with Crippen LogP contribution in [0.2, 0.25) is 0 Å². The average Bonchev–Trinajstić information content (AvgIpc) is 3.00. The highest BCUT2D eigenvalue weighted by Crippen LogP contribution is 2.35. The zero-order valence-corrected chi connectivity index (χ0v) is 28.0. The Kier molecular flexibility index (Phi) is 11.9. The van der Waals surface area contributed by atoms with Gasteiger partial charge in [-0.3, -0.25) is 5.43 Å². The van der Waals surface area contributed by atoms with Gasteiger partial charge >= 0.3 is 12.0 Å². The predicted octanol–water partition coefficient (Wildman–Crippen LogP) is 5.15. The molecule has 0 fully saturated rings. The molecule has 0 unspecified atom stereocenters. The third-order valence-corrected chi connectivity index (χ3v) is 7.59. The lowest BCUT2D eigenvalue weighted by Gasteiger charge is -2.28. The quantitative estimate of drug-likeness (QED) is 0.0615. The number of halogens is 2. The van der Waals surface area contributed by atoms with E-state index in [1.165, 1.54) is 7.11 Å². The molecule has 1 heterocycles. The summed E-state index contributed by atoms with van der Waals surface area (Å²) in [6.07, 6.45) is 0.406. The summed E-state index contributed by atoms with van der Waals surface area (Å²) in [4.78, 5) is 24.6. The standard InChI is InChI=1S/C31H32BrIN4O7/c1-4-42-26-14-20(29-28(30(39)41-3)18(2)35-31(40)36-29)7-11-25(26)44-17-27(38)37-34-15-21-13-22(32)8-12-24(21)43-16-19-5-9-23(33)10-6-19/h5-15,27,29,37-38H,4,16-17H2,1-3H3,(H2,35,36,40)/b34-15-/t27-,29+/m1/s1. The van der Waals surface area contributed by atoms with Crippen LogP contribution in [0.15, 0.2) is 81.5 Å². The first-order valence-electron chi connectivity index (χ1n) is 13.6. The van der Waals surface area contributed by atoms with E-state index in [4.69, 9.17) is 18.9 Å². The van der Waals surface area contributed by atoms with Crippen LogP contribution in [0.25, 0.3) is 0 Å². The molecule has 2 atom stereocenters. The maximum absolute atomic E-state index is 12.5. The smallest absolute Gasteiger partial charge is 0.337 e. The largest absolute Gasteiger partial charge is 0.490 e. The van der Waals surface area contributed by atoms with Crippen LogP contribution in [0.5, 0.6) is 17.2 Å². The number of aliphatic hydroxyl groups excluding tert-OH is 1. The van der Waals surface area contributed by atoms with Gasteiger partial charge in [-0.05, 0) is 90.0 Å². The number of allylic oxidation sites excluding steroid dienone is 1. The van der Waals surface area contributed by atoms with Crippen molar-refractivity contribution in [1.29, 1.82) is 0 Å². The molecular formula is C31H32BrIN4O7. The van der Waals surface area contributed by atoms with Crippen molar-refractivity contribution in [2.75, 3.05) is 20.3 Å². The van der Waals surface area contributed by atoms with Crippen LogP contribution in [0.4, 0.5) is 4.79 Å². The van der Waals surface area contributed by atoms with Gasteiger partial charge in [0.1, 0.15) is 19.0 Å². The molecule has 0 radical (unpaired) electrons. The van der Waals surface area contributed by atoms with Crippen molar-refractivity contribution >= 4 is 56.7 Å². The highest BCUT2D eigenvalue weighted by Gasteiger charge is 2.32. The Morgan fingerprint density at radius 2 is 1.84 bits per heavy atom. The number of carbonyl (C=O) groups excluding carboxylic acids is 2. The normalized spacial score (nSPS) is 15.3. The molecule has 11 nitrogen and oxygen atoms in total. The number of hydrogen-bond acceptors (Lipinski definition) is 9. The second-order valence-corrected chi connectivity index (χ2v) is 11.7. The van der Waals surface area contributed by atoms with Crippen LogP contribution in [0, 0.1) is 3.57 Å². The highest BCUT2D eigenvalue weighted by atomic mass is 127. The number of methoxy groups -OCH3 is 1. The number of ether oxygens (including phenoxy) is 4. The molecule has 2 amide bonds. The summed E-state index contributed by atoms with van der Waals surface area (Å²) in [6, 6.07) is 17.5. The lowest BCUT2D eigenvalue weighted by atomic mass is 9.95. The van der Waals surface area contributed by atoms with Gasteiger partial charge in [-0.2, -0.15) is 5.10 Å². The Balaban J connectivity index is 1.40. The van der Waals surface area contributed by atoms with E-state index >= 15 is 0 Å². The predicted molar refractivity (Wildman–Crippen MR) is 177 cm³/mol. The minimum Gasteiger partial charge on any atom is -0.490 e. The summed E-state index contributed by atoms with van der Waals surface area (Å²) >= 11 is 5.73. The van der Waals surface area contributed by atoms with E-state index in [1.54, 1.807) is 31.3 Å². The Hall–Kier alpha value is -3.82. The van der Waals surface area contributed by atoms with Crippen molar-refractivity contribution in [1.82, 2.24) is 16.1 Å². The number of nitrogens with zero attached hydrogens (tertiary/aromatic N) is 1. The van der Waals surface area contributed by atoms with E-state index in [1.807, 2.05) is 49.4 Å². The lowest BCUT2D eigenvalue weighted by Crippen LogP contribution is -2.45. The van der Waals surface area contributed by atoms with Gasteiger partial charge in [0.2, 0.25) is 0 Å². The number of nitrogens with one attached hydrogen (secondary N) is 3. The van der Waals surface area contributed by atoms with Crippen LogP contribution in [0.1, 0.15) is 36.6 Å². The molecule has 1 aliphatic heterocycles. The summed E-state index contributed by atoms with van der Waals surface area (Å²) in [5, 5.41) is 20.0. The zero-order chi connectivity index (χ0) is 31.6. The van der Waals surface area contributed by atoms with Crippen molar-refractivity contribution in [2.45, 2.75) is 32.7 Å². The van der Waals surface area contributed by atoms with Crippen LogP contribution in [-0.2, 0) is 16.1 Å². The number of carbonyl (C=O) groups is 2. The van der Waals surface area contributed by atoms with Crippen molar-refractivity contribution in [3.8, 4) is 17.2 Å². The number of amides is 2. The molecule has 3 aromatic carbocycles. The average molecular weight is 779 g/mol. The van der Waals surface area contributed by atoms with Gasteiger partial charge in [-0.25, -0.2) is 9.59 Å². The minimum atomic E-state index is -1.15. The number of benzene rings is 3. The maximum Gasteiger partial charge on any atom is 0.337 e. The van der Waals surface area contributed by atoms with Crippen LogP contribution in [0.3, 0.4) is 0 Å². The fourth-order valence-electron chi connectivity index (χ4n) is 4.31. The Morgan fingerprint density at radius 3 is 2.57 bits per heavy atom. The molecule has 0 saturated heterocycles. The van der Waals surface area contributed by atoms with Crippen molar-refractivity contribution in [2.24, 2.45) is 5.10 Å². The molecule has 4 N–H and O–H groups in total. The van der Waals surface area contributed by atoms with Gasteiger partial charge < -0.3 is 34.7 Å². The summed E-state index contributed by atoms with van der Waals surface area (Å²) in [6.45, 7) is 4.03. The van der Waals surface area contributed by atoms with E-state index in [2.05, 4.69) is 59.7 Å². The SMILES string of the molecule is CCOc1cc([C@@H]2NC(=O)NC(C)=C2C(=O)OC)ccc1OC[C@@H](O)N/N=C\c1cc(Br)ccc1OCc1ccc(I)cc1. The van der Waals surface area contributed by atoms with Crippen molar-refractivity contribution < 1.29 is 33.6 Å². The highest BCUT2D eigenvalue weighted by molar-refractivity contribution is 14.1. The molecule has 0 bridgehead atoms. The number of hydrogen-bond donors (Lipinski definition) is 4. The molecule has 4 rings (SSSR count). The topological polar surface area (TPSA) is 140 Å². The molecule has 44 heavy (non-hydrogen) atoms. The van der Waals surface area contributed by atoms with Gasteiger partial charge in [0.25, 0.3) is 0 Å². The number of aliphatic hydroxyl groups is 1. The molecule has 3 aromatic rings. The van der Waals surface area contributed by atoms with Crippen molar-refractivity contribution in [3.63, 3.8) is 0 Å². The van der Waals surface area contributed by atoms with Crippen LogP contribution < -0.4 is 30.3 Å². The number of hydrazone groups is 1. The van der Waals surface area contributed by atoms with E-state index in [0.29, 0.717) is 47.3 Å². The second-order valence-electron chi connectivity index (χ2n) is 9.51. The third kappa shape index (κ3) is 8.86. The molecule has 13 heteroatoms. The third-order valence-electron chi connectivity index (χ3n) is 6.38. The molecule has 1 aliphatic rings. The summed E-state index contributed by atoms with van der Waals surface area (Å²) < 4.78 is 24.5. The lowest BCUT2D eigenvalue weighted by molar-refractivity contribution is -0.136. The summed E-state index contributed by atoms with van der Waals surface area (Å²) in [5.74, 6) is 0.800. The van der Waals surface area contributed by atoms with Crippen molar-refractivity contribution in [3.05, 3.63) is 96.7 Å². The number of esters is 1. The molecule has 0 aliphatic carbocycles. The van der Waals surface area contributed by atoms with Gasteiger partial charge in [0.15, 0.2) is 17.7 Å². The Bertz CT molecular complexity index is 1550. The van der Waals surface area contributed by atoms with E-state index in [0.717, 1.165) is 13.6 Å². The molecule has 0 aromatic heterocycles. The first-order chi connectivity index (χ1) is 21.2. The number of rotatable bonds is 13. The van der Waals surface area contributed by atoms with Crippen LogP contribution >= 0.6 is 38.5 Å². The first-order valence-corrected chi connectivity index (χ1v) is 15.4. The maximum atomic E-state index is 12.5. The first kappa shape index (κ1) is 33.1. The van der Waals surface area contributed by atoms with Gasteiger partial charge in [-0.1, -0.05) is 34.1 Å². The molecule has 0 spiro atoms. The molecular weight excluding hydrogens is 747 g/mol.